The van der Waals surface area contributed by atoms with Crippen LogP contribution in [0.2, 0.25) is 0 Å². The molecule has 0 radical (unpaired) electrons. The van der Waals surface area contributed by atoms with E-state index < -0.39 is 24.1 Å². The third kappa shape index (κ3) is 1.27. The molecule has 1 rings (SSSR count). The van der Waals surface area contributed by atoms with Gasteiger partial charge >= 0.3 is 0 Å². The third-order valence-corrected chi connectivity index (χ3v) is 2.20. The average molecular weight is 162 g/mol. The van der Waals surface area contributed by atoms with Crippen molar-refractivity contribution in [2.45, 2.75) is 44.4 Å². The molecule has 0 aromatic carbocycles. The summed E-state index contributed by atoms with van der Waals surface area (Å²) in [5.74, 6) is 0. The fourth-order valence-corrected chi connectivity index (χ4v) is 1.37. The number of aliphatic hydroxyl groups excluding tert-OH is 2. The lowest BCUT2D eigenvalue weighted by Gasteiger charge is -2.24. The van der Waals surface area contributed by atoms with Crippen LogP contribution in [-0.2, 0) is 4.74 Å². The molecule has 0 saturated carbocycles. The quantitative estimate of drug-likeness (QED) is 0.473. The highest BCUT2D eigenvalue weighted by Crippen LogP contribution is 2.31. The van der Waals surface area contributed by atoms with Crippen molar-refractivity contribution in [1.29, 1.82) is 0 Å². The van der Waals surface area contributed by atoms with Gasteiger partial charge < -0.3 is 20.1 Å². The maximum absolute atomic E-state index is 9.56. The molecule has 3 N–H and O–H groups in total. The predicted molar refractivity (Wildman–Crippen MR) is 37.8 cm³/mol. The summed E-state index contributed by atoms with van der Waals surface area (Å²) in [4.78, 5) is 0. The second kappa shape index (κ2) is 2.71. The zero-order valence-corrected chi connectivity index (χ0v) is 6.69. The molecule has 2 unspecified atom stereocenters. The van der Waals surface area contributed by atoms with E-state index in [0.717, 1.165) is 0 Å². The van der Waals surface area contributed by atoms with Gasteiger partial charge in [-0.15, -0.1) is 0 Å². The topological polar surface area (TPSA) is 69.9 Å². The van der Waals surface area contributed by atoms with Crippen LogP contribution in [0.5, 0.6) is 0 Å². The van der Waals surface area contributed by atoms with E-state index in [-0.39, 0.29) is 0 Å². The average Bonchev–Trinajstić information content (AvgIpc) is 2.13. The van der Waals surface area contributed by atoms with Crippen LogP contribution in [0.1, 0.15) is 20.3 Å². The lowest BCUT2D eigenvalue weighted by Crippen LogP contribution is -2.45. The molecule has 1 aliphatic rings. The summed E-state index contributed by atoms with van der Waals surface area (Å²) in [6, 6.07) is 0. The van der Waals surface area contributed by atoms with Crippen LogP contribution in [0, 0.1) is 0 Å². The molecule has 4 heteroatoms. The second-order valence-corrected chi connectivity index (χ2v) is 3.09. The fraction of sp³-hybridized carbons (Fsp3) is 1.00. The van der Waals surface area contributed by atoms with Gasteiger partial charge in [0.2, 0.25) is 0 Å². The minimum absolute atomic E-state index is 0.479. The first-order chi connectivity index (χ1) is 5.00. The van der Waals surface area contributed by atoms with Gasteiger partial charge in [0.05, 0.1) is 6.10 Å². The van der Waals surface area contributed by atoms with E-state index >= 15 is 0 Å². The molecule has 4 nitrogen and oxygen atoms in total. The van der Waals surface area contributed by atoms with Gasteiger partial charge in [-0.2, -0.15) is 0 Å². The Morgan fingerprint density at radius 1 is 1.45 bits per heavy atom. The first-order valence-corrected chi connectivity index (χ1v) is 3.74. The third-order valence-electron chi connectivity index (χ3n) is 2.20. The molecule has 11 heavy (non-hydrogen) atoms. The Morgan fingerprint density at radius 3 is 2.18 bits per heavy atom. The van der Waals surface area contributed by atoms with Crippen molar-refractivity contribution >= 4 is 0 Å². The molecule has 1 aliphatic heterocycles. The van der Waals surface area contributed by atoms with Crippen molar-refractivity contribution in [3.05, 3.63) is 0 Å². The Balaban J connectivity index is 2.74. The van der Waals surface area contributed by atoms with Gasteiger partial charge in [-0.25, -0.2) is 0 Å². The Morgan fingerprint density at radius 2 is 2.00 bits per heavy atom. The maximum Gasteiger partial charge on any atom is 0.184 e. The summed E-state index contributed by atoms with van der Waals surface area (Å²) in [5, 5.41) is 27.8. The summed E-state index contributed by atoms with van der Waals surface area (Å²) >= 11 is 0. The standard InChI is InChI=1S/C7H14O4/c1-3-4-7(2,10)5(8)6(9)11-4/h4-6,8-10H,3H2,1-2H3/t4-,5?,6?,7-/m1/s1. The predicted octanol–water partition coefficient (Wildman–Crippen LogP) is -0.774. The minimum atomic E-state index is -1.33. The molecule has 0 aliphatic carbocycles. The first kappa shape index (κ1) is 8.93. The van der Waals surface area contributed by atoms with Gasteiger partial charge in [0, 0.05) is 0 Å². The summed E-state index contributed by atoms with van der Waals surface area (Å²) in [5.41, 5.74) is -1.33. The zero-order valence-electron chi connectivity index (χ0n) is 6.69. The molecule has 0 aromatic heterocycles. The highest BCUT2D eigenvalue weighted by atomic mass is 16.6. The fourth-order valence-electron chi connectivity index (χ4n) is 1.37. The number of aliphatic hydroxyl groups is 3. The second-order valence-electron chi connectivity index (χ2n) is 3.09. The SMILES string of the molecule is CC[C@H]1OC(O)C(O)[C@]1(C)O. The van der Waals surface area contributed by atoms with E-state index in [0.29, 0.717) is 6.42 Å². The van der Waals surface area contributed by atoms with Crippen molar-refractivity contribution in [1.82, 2.24) is 0 Å². The van der Waals surface area contributed by atoms with Crippen molar-refractivity contribution in [2.75, 3.05) is 0 Å². The molecule has 0 aromatic rings. The number of hydrogen-bond donors (Lipinski definition) is 3. The van der Waals surface area contributed by atoms with Crippen LogP contribution < -0.4 is 0 Å². The molecule has 1 saturated heterocycles. The minimum Gasteiger partial charge on any atom is -0.385 e. The Kier molecular flexibility index (Phi) is 2.20. The lowest BCUT2D eigenvalue weighted by atomic mass is 9.94. The molecular weight excluding hydrogens is 148 g/mol. The number of rotatable bonds is 1. The number of hydrogen-bond acceptors (Lipinski definition) is 4. The molecule has 0 bridgehead atoms. The van der Waals surface area contributed by atoms with Crippen LogP contribution in [0.3, 0.4) is 0 Å². The van der Waals surface area contributed by atoms with E-state index in [1.54, 1.807) is 0 Å². The van der Waals surface area contributed by atoms with Crippen molar-refractivity contribution in [2.24, 2.45) is 0 Å². The highest BCUT2D eigenvalue weighted by molar-refractivity contribution is 4.96. The smallest absolute Gasteiger partial charge is 0.184 e. The van der Waals surface area contributed by atoms with Crippen LogP contribution in [0.25, 0.3) is 0 Å². The first-order valence-electron chi connectivity index (χ1n) is 3.74. The van der Waals surface area contributed by atoms with E-state index in [2.05, 4.69) is 0 Å². The Labute approximate surface area is 65.4 Å². The Hall–Kier alpha value is -0.160. The van der Waals surface area contributed by atoms with Crippen molar-refractivity contribution in [3.63, 3.8) is 0 Å². The van der Waals surface area contributed by atoms with Crippen LogP contribution in [0.4, 0.5) is 0 Å². The van der Waals surface area contributed by atoms with E-state index in [4.69, 9.17) is 9.84 Å². The van der Waals surface area contributed by atoms with Gasteiger partial charge in [-0.1, -0.05) is 6.92 Å². The van der Waals surface area contributed by atoms with E-state index in [1.165, 1.54) is 6.92 Å². The summed E-state index contributed by atoms with van der Waals surface area (Å²) in [6.45, 7) is 3.28. The van der Waals surface area contributed by atoms with Gasteiger partial charge in [0.25, 0.3) is 0 Å². The van der Waals surface area contributed by atoms with E-state index in [9.17, 15) is 10.2 Å². The number of ether oxygens (including phenoxy) is 1. The largest absolute Gasteiger partial charge is 0.385 e. The zero-order chi connectivity index (χ0) is 8.65. The molecule has 0 spiro atoms. The van der Waals surface area contributed by atoms with Gasteiger partial charge in [-0.3, -0.25) is 0 Å². The highest BCUT2D eigenvalue weighted by Gasteiger charge is 2.50. The van der Waals surface area contributed by atoms with Crippen molar-refractivity contribution in [3.8, 4) is 0 Å². The molecule has 66 valence electrons. The molecule has 1 heterocycles. The summed E-state index contributed by atoms with van der Waals surface area (Å²) < 4.78 is 4.89. The van der Waals surface area contributed by atoms with Gasteiger partial charge in [-0.05, 0) is 13.3 Å². The van der Waals surface area contributed by atoms with Gasteiger partial charge in [0.1, 0.15) is 11.7 Å². The molecular formula is C7H14O4. The summed E-state index contributed by atoms with van der Waals surface area (Å²) in [6.07, 6.45) is -2.36. The van der Waals surface area contributed by atoms with Crippen LogP contribution in [-0.4, -0.2) is 39.4 Å². The monoisotopic (exact) mass is 162 g/mol. The molecule has 4 atom stereocenters. The lowest BCUT2D eigenvalue weighted by molar-refractivity contribution is -0.127. The Bertz CT molecular complexity index is 145. The van der Waals surface area contributed by atoms with Crippen LogP contribution >= 0.6 is 0 Å². The molecule has 1 fully saturated rings. The van der Waals surface area contributed by atoms with E-state index in [1.807, 2.05) is 6.92 Å². The van der Waals surface area contributed by atoms with Gasteiger partial charge in [0.15, 0.2) is 6.29 Å². The molecule has 0 amide bonds. The van der Waals surface area contributed by atoms with Crippen LogP contribution in [0.15, 0.2) is 0 Å². The van der Waals surface area contributed by atoms with Crippen molar-refractivity contribution < 1.29 is 20.1 Å². The maximum atomic E-state index is 9.56. The summed E-state index contributed by atoms with van der Waals surface area (Å²) in [7, 11) is 0. The normalized spacial score (nSPS) is 51.5.